The number of hydrogen-bond donors (Lipinski definition) is 3. The molecule has 1 aliphatic rings. The lowest BCUT2D eigenvalue weighted by atomic mass is 10.0. The largest absolute Gasteiger partial charge is 0.462 e. The third-order valence-corrected chi connectivity index (χ3v) is 6.90. The first kappa shape index (κ1) is 27.8. The number of rotatable bonds is 11. The number of nitrogens with zero attached hydrogens (tertiary/aromatic N) is 3. The molecule has 198 valence electrons. The van der Waals surface area contributed by atoms with Crippen molar-refractivity contribution in [2.45, 2.75) is 45.8 Å². The minimum absolute atomic E-state index is 0.0491. The van der Waals surface area contributed by atoms with Crippen LogP contribution in [0.1, 0.15) is 63.7 Å². The molecule has 1 fully saturated rings. The van der Waals surface area contributed by atoms with Gasteiger partial charge in [0.25, 0.3) is 11.8 Å². The molecule has 36 heavy (non-hydrogen) atoms. The monoisotopic (exact) mass is 544 g/mol. The van der Waals surface area contributed by atoms with Crippen molar-refractivity contribution in [3.05, 3.63) is 27.2 Å². The Kier molecular flexibility index (Phi) is 10.0. The summed E-state index contributed by atoms with van der Waals surface area (Å²) in [5.41, 5.74) is 0.581. The number of carbonyl (C=O) groups is 3. The van der Waals surface area contributed by atoms with E-state index in [1.807, 2.05) is 18.7 Å². The molecule has 3 heterocycles. The molecule has 0 spiro atoms. The fourth-order valence-corrected chi connectivity index (χ4v) is 5.04. The van der Waals surface area contributed by atoms with Crippen LogP contribution in [0.15, 0.2) is 0 Å². The van der Waals surface area contributed by atoms with Crippen LogP contribution >= 0.6 is 22.9 Å². The van der Waals surface area contributed by atoms with Crippen LogP contribution in [-0.4, -0.2) is 84.4 Å². The number of imidazole rings is 1. The minimum Gasteiger partial charge on any atom is -0.462 e. The molecule has 0 aromatic carbocycles. The molecule has 1 saturated heterocycles. The first-order valence-corrected chi connectivity index (χ1v) is 13.0. The van der Waals surface area contributed by atoms with E-state index < -0.39 is 18.6 Å². The first-order chi connectivity index (χ1) is 17.3. The average Bonchev–Trinajstić information content (AvgIpc) is 3.48. The molecular formula is C22H30ClFN6O5S. The highest BCUT2D eigenvalue weighted by Gasteiger charge is 2.34. The Morgan fingerprint density at radius 2 is 2.00 bits per heavy atom. The molecule has 0 saturated carbocycles. The fraction of sp³-hybridized carbons (Fsp3) is 0.591. The number of esters is 1. The molecule has 0 bridgehead atoms. The van der Waals surface area contributed by atoms with Crippen LogP contribution in [0.2, 0.25) is 5.15 Å². The lowest BCUT2D eigenvalue weighted by Gasteiger charge is -2.38. The topological polar surface area (TPSA) is 139 Å². The summed E-state index contributed by atoms with van der Waals surface area (Å²) in [5.74, 6) is -1.56. The zero-order chi connectivity index (χ0) is 26.2. The van der Waals surface area contributed by atoms with Crippen LogP contribution in [0.25, 0.3) is 0 Å². The summed E-state index contributed by atoms with van der Waals surface area (Å²) in [6.07, 6.45) is 0.750. The SMILES string of the molecule is CCOC(=O)c1sc(N2CC[C@H](NC(=O)c3nc(Cl)c(CC)[nH]3)[C@H](OCC)C2)nc1C(=O)NCCF. The molecule has 3 rings (SSSR count). The summed E-state index contributed by atoms with van der Waals surface area (Å²) >= 11 is 7.09. The van der Waals surface area contributed by atoms with Gasteiger partial charge in [0.2, 0.25) is 0 Å². The van der Waals surface area contributed by atoms with Gasteiger partial charge in [-0.3, -0.25) is 9.59 Å². The van der Waals surface area contributed by atoms with Crippen LogP contribution in [0.4, 0.5) is 9.52 Å². The van der Waals surface area contributed by atoms with Crippen LogP contribution in [0.3, 0.4) is 0 Å². The predicted molar refractivity (Wildman–Crippen MR) is 133 cm³/mol. The zero-order valence-electron chi connectivity index (χ0n) is 20.4. The summed E-state index contributed by atoms with van der Waals surface area (Å²) in [6.45, 7) is 5.89. The highest BCUT2D eigenvalue weighted by atomic mass is 35.5. The van der Waals surface area contributed by atoms with Crippen molar-refractivity contribution >= 4 is 45.9 Å². The smallest absolute Gasteiger partial charge is 0.350 e. The standard InChI is InChI=1S/C22H30ClFN6O5S/c1-4-12-17(23)29-18(26-12)20(32)27-13-7-10-30(11-14(13)34-5-2)22-28-15(19(31)25-9-8-24)16(36-22)21(33)35-6-3/h13-14H,4-11H2,1-3H3,(H,25,31)(H,26,29)(H,27,32)/t13-,14+/m0/s1. The molecule has 2 amide bonds. The molecule has 1 aliphatic heterocycles. The second-order valence-corrected chi connectivity index (χ2v) is 9.19. The van der Waals surface area contributed by atoms with Gasteiger partial charge in [-0.25, -0.2) is 19.2 Å². The first-order valence-electron chi connectivity index (χ1n) is 11.8. The van der Waals surface area contributed by atoms with Gasteiger partial charge in [0.1, 0.15) is 11.6 Å². The van der Waals surface area contributed by atoms with Crippen LogP contribution in [0.5, 0.6) is 0 Å². The van der Waals surface area contributed by atoms with Crippen molar-refractivity contribution in [3.63, 3.8) is 0 Å². The van der Waals surface area contributed by atoms with Crippen molar-refractivity contribution in [3.8, 4) is 0 Å². The number of nitrogens with one attached hydrogen (secondary N) is 3. The summed E-state index contributed by atoms with van der Waals surface area (Å²) in [5, 5.41) is 6.07. The van der Waals surface area contributed by atoms with Crippen LogP contribution in [0, 0.1) is 0 Å². The van der Waals surface area contributed by atoms with E-state index in [2.05, 4.69) is 25.6 Å². The van der Waals surface area contributed by atoms with Gasteiger partial charge in [-0.05, 0) is 26.7 Å². The summed E-state index contributed by atoms with van der Waals surface area (Å²) in [7, 11) is 0. The molecule has 2 atom stereocenters. The number of hydrogen-bond acceptors (Lipinski definition) is 9. The molecule has 0 unspecified atom stereocenters. The van der Waals surface area contributed by atoms with Gasteiger partial charge in [0.15, 0.2) is 21.8 Å². The highest BCUT2D eigenvalue weighted by Crippen LogP contribution is 2.30. The number of halogens is 2. The van der Waals surface area contributed by atoms with E-state index in [4.69, 9.17) is 21.1 Å². The Morgan fingerprint density at radius 3 is 2.64 bits per heavy atom. The summed E-state index contributed by atoms with van der Waals surface area (Å²) < 4.78 is 23.5. The number of piperidine rings is 1. The lowest BCUT2D eigenvalue weighted by molar-refractivity contribution is 0.0271. The second kappa shape index (κ2) is 13.0. The fourth-order valence-electron chi connectivity index (χ4n) is 3.78. The van der Waals surface area contributed by atoms with Crippen molar-refractivity contribution in [2.24, 2.45) is 0 Å². The summed E-state index contributed by atoms with van der Waals surface area (Å²) in [6, 6.07) is -0.306. The Bertz CT molecular complexity index is 1080. The quantitative estimate of drug-likeness (QED) is 0.366. The van der Waals surface area contributed by atoms with Crippen LogP contribution < -0.4 is 15.5 Å². The number of aromatic nitrogens is 3. The Hall–Kier alpha value is -2.77. The van der Waals surface area contributed by atoms with Gasteiger partial charge < -0.3 is 30.0 Å². The number of carbonyl (C=O) groups excluding carboxylic acids is 3. The number of amides is 2. The maximum atomic E-state index is 12.8. The molecule has 2 aromatic rings. The van der Waals surface area contributed by atoms with Crippen LogP contribution in [-0.2, 0) is 15.9 Å². The Labute approximate surface area is 217 Å². The number of aromatic amines is 1. The third kappa shape index (κ3) is 6.51. The molecule has 11 nitrogen and oxygen atoms in total. The van der Waals surface area contributed by atoms with Crippen molar-refractivity contribution < 1.29 is 28.2 Å². The molecular weight excluding hydrogens is 515 g/mol. The molecule has 2 aromatic heterocycles. The van der Waals surface area contributed by atoms with Gasteiger partial charge in [0, 0.05) is 26.2 Å². The van der Waals surface area contributed by atoms with E-state index in [1.54, 1.807) is 6.92 Å². The molecule has 14 heteroatoms. The highest BCUT2D eigenvalue weighted by molar-refractivity contribution is 7.17. The lowest BCUT2D eigenvalue weighted by Crippen LogP contribution is -2.55. The summed E-state index contributed by atoms with van der Waals surface area (Å²) in [4.78, 5) is 51.1. The van der Waals surface area contributed by atoms with Crippen molar-refractivity contribution in [2.75, 3.05) is 44.4 Å². The van der Waals surface area contributed by atoms with Gasteiger partial charge in [-0.2, -0.15) is 0 Å². The number of H-pyrrole nitrogens is 1. The number of anilines is 1. The maximum Gasteiger partial charge on any atom is 0.350 e. The van der Waals surface area contributed by atoms with Gasteiger partial charge in [-0.1, -0.05) is 29.9 Å². The van der Waals surface area contributed by atoms with E-state index in [1.165, 1.54) is 0 Å². The predicted octanol–water partition coefficient (Wildman–Crippen LogP) is 2.37. The number of alkyl halides is 1. The van der Waals surface area contributed by atoms with E-state index in [0.29, 0.717) is 43.4 Å². The number of aryl methyl sites for hydroxylation is 1. The number of thiazole rings is 1. The average molecular weight is 545 g/mol. The zero-order valence-corrected chi connectivity index (χ0v) is 21.9. The van der Waals surface area contributed by atoms with Crippen molar-refractivity contribution in [1.82, 2.24) is 25.6 Å². The minimum atomic E-state index is -0.739. The van der Waals surface area contributed by atoms with E-state index in [0.717, 1.165) is 11.3 Å². The molecule has 3 N–H and O–H groups in total. The number of ether oxygens (including phenoxy) is 2. The third-order valence-electron chi connectivity index (χ3n) is 5.50. The van der Waals surface area contributed by atoms with Gasteiger partial charge >= 0.3 is 5.97 Å². The van der Waals surface area contributed by atoms with E-state index >= 15 is 0 Å². The second-order valence-electron chi connectivity index (χ2n) is 7.86. The Balaban J connectivity index is 1.77. The molecule has 0 radical (unpaired) electrons. The van der Waals surface area contributed by atoms with E-state index in [9.17, 15) is 18.8 Å². The normalized spacial score (nSPS) is 17.6. The van der Waals surface area contributed by atoms with Crippen molar-refractivity contribution in [1.29, 1.82) is 0 Å². The Morgan fingerprint density at radius 1 is 1.22 bits per heavy atom. The van der Waals surface area contributed by atoms with Gasteiger partial charge in [0.05, 0.1) is 24.4 Å². The van der Waals surface area contributed by atoms with Gasteiger partial charge in [-0.15, -0.1) is 0 Å². The maximum absolute atomic E-state index is 12.8. The molecule has 0 aliphatic carbocycles. The van der Waals surface area contributed by atoms with E-state index in [-0.39, 0.29) is 52.8 Å².